The largest absolute Gasteiger partial charge is 0.405 e. The number of nitrogens with one attached hydrogen (secondary N) is 2. The highest BCUT2D eigenvalue weighted by atomic mass is 32.1. The van der Waals surface area contributed by atoms with E-state index in [1.807, 2.05) is 42.5 Å². The highest BCUT2D eigenvalue weighted by Gasteiger charge is 2.18. The molecule has 2 aromatic heterocycles. The maximum Gasteiger partial charge on any atom is 0.129 e. The van der Waals surface area contributed by atoms with Gasteiger partial charge in [0.05, 0.1) is 5.69 Å². The summed E-state index contributed by atoms with van der Waals surface area (Å²) in [6.45, 7) is 2.06. The van der Waals surface area contributed by atoms with Crippen LogP contribution in [0.4, 0.5) is 26.5 Å². The Morgan fingerprint density at radius 1 is 0.842 bits per heavy atom. The monoisotopic (exact) mass is 531 g/mol. The van der Waals surface area contributed by atoms with Gasteiger partial charge < -0.3 is 16.4 Å². The van der Waals surface area contributed by atoms with Crippen molar-refractivity contribution in [2.24, 2.45) is 5.73 Å². The Morgan fingerprint density at radius 3 is 2.37 bits per heavy atom. The fourth-order valence-corrected chi connectivity index (χ4v) is 6.76. The normalized spacial score (nSPS) is 11.5. The van der Waals surface area contributed by atoms with E-state index in [4.69, 9.17) is 13.6 Å². The van der Waals surface area contributed by atoms with E-state index in [1.165, 1.54) is 17.4 Å². The fraction of sp³-hybridized carbons (Fsp3) is 0.0323. The maximum absolute atomic E-state index is 14.6. The van der Waals surface area contributed by atoms with Crippen molar-refractivity contribution in [3.05, 3.63) is 108 Å². The first-order chi connectivity index (χ1) is 18.5. The topological polar surface area (TPSA) is 50.1 Å². The molecule has 0 aliphatic heterocycles. The van der Waals surface area contributed by atoms with Crippen LogP contribution in [0.15, 0.2) is 91.1 Å². The SMILES string of the molecule is [B]c1sc2ccccc2c1-c1cc(F)ccc1Nc1sc2ccccc2c1Nc1ccc(C)c(/C=C\N)c1. The number of aryl methyl sites for hydroxylation is 1. The van der Waals surface area contributed by atoms with Crippen LogP contribution in [0.2, 0.25) is 0 Å². The molecule has 184 valence electrons. The van der Waals surface area contributed by atoms with Crippen molar-refractivity contribution in [2.75, 3.05) is 10.6 Å². The van der Waals surface area contributed by atoms with Gasteiger partial charge in [-0.05, 0) is 88.5 Å². The first-order valence-corrected chi connectivity index (χ1v) is 13.8. The molecule has 2 radical (unpaired) electrons. The average molecular weight is 531 g/mol. The standard InChI is InChI=1S/C31H23BFN3S2/c1-18-10-12-21(16-19(18)14-15-34)35-29-23-7-3-5-9-27(23)38-31(29)36-25-13-11-20(33)17-24(25)28-22-6-2-4-8-26(22)37-30(28)32/h2-17,35-36H,34H2,1H3/b15-14-. The van der Waals surface area contributed by atoms with E-state index < -0.39 is 0 Å². The lowest BCUT2D eigenvalue weighted by Crippen LogP contribution is -2.02. The summed E-state index contributed by atoms with van der Waals surface area (Å²) in [5.74, 6) is -0.310. The van der Waals surface area contributed by atoms with Gasteiger partial charge in [-0.1, -0.05) is 42.5 Å². The van der Waals surface area contributed by atoms with Crippen molar-refractivity contribution in [1.82, 2.24) is 0 Å². The van der Waals surface area contributed by atoms with E-state index in [2.05, 4.69) is 47.9 Å². The number of rotatable bonds is 6. The molecule has 4 N–H and O–H groups in total. The number of benzene rings is 4. The van der Waals surface area contributed by atoms with Gasteiger partial charge in [-0.2, -0.15) is 11.3 Å². The summed E-state index contributed by atoms with van der Waals surface area (Å²) in [7, 11) is 6.49. The predicted octanol–water partition coefficient (Wildman–Crippen LogP) is 8.44. The lowest BCUT2D eigenvalue weighted by atomic mass is 9.93. The van der Waals surface area contributed by atoms with E-state index in [0.717, 1.165) is 64.5 Å². The van der Waals surface area contributed by atoms with Crippen molar-refractivity contribution in [1.29, 1.82) is 0 Å². The van der Waals surface area contributed by atoms with E-state index >= 15 is 0 Å². The molecule has 0 aliphatic rings. The Morgan fingerprint density at radius 2 is 1.58 bits per heavy atom. The predicted molar refractivity (Wildman–Crippen MR) is 165 cm³/mol. The lowest BCUT2D eigenvalue weighted by Gasteiger charge is -2.15. The number of nitrogens with two attached hydrogens (primary N) is 1. The van der Waals surface area contributed by atoms with E-state index in [1.54, 1.807) is 29.7 Å². The highest BCUT2D eigenvalue weighted by Crippen LogP contribution is 2.45. The minimum atomic E-state index is -0.310. The highest BCUT2D eigenvalue weighted by molar-refractivity contribution is 7.27. The average Bonchev–Trinajstić information content (AvgIpc) is 3.43. The van der Waals surface area contributed by atoms with Gasteiger partial charge in [-0.15, -0.1) is 11.3 Å². The van der Waals surface area contributed by atoms with Crippen molar-refractivity contribution >= 4 is 83.6 Å². The first-order valence-electron chi connectivity index (χ1n) is 12.1. The molecule has 6 rings (SSSR count). The molecule has 0 fully saturated rings. The fourth-order valence-electron chi connectivity index (χ4n) is 4.70. The Hall–Kier alpha value is -4.07. The van der Waals surface area contributed by atoms with E-state index in [9.17, 15) is 4.39 Å². The zero-order valence-corrected chi connectivity index (χ0v) is 22.2. The van der Waals surface area contributed by atoms with Crippen LogP contribution >= 0.6 is 22.7 Å². The quantitative estimate of drug-likeness (QED) is 0.189. The summed E-state index contributed by atoms with van der Waals surface area (Å²) >= 11 is 3.16. The molecule has 7 heteroatoms. The van der Waals surface area contributed by atoms with Gasteiger partial charge in [0, 0.05) is 31.7 Å². The second-order valence-electron chi connectivity index (χ2n) is 9.01. The van der Waals surface area contributed by atoms with Crippen molar-refractivity contribution < 1.29 is 4.39 Å². The summed E-state index contributed by atoms with van der Waals surface area (Å²) in [5, 5.41) is 10.3. The Labute approximate surface area is 229 Å². The van der Waals surface area contributed by atoms with Gasteiger partial charge in [-0.25, -0.2) is 4.39 Å². The molecule has 0 aliphatic carbocycles. The van der Waals surface area contributed by atoms with Crippen molar-refractivity contribution in [3.63, 3.8) is 0 Å². The third kappa shape index (κ3) is 4.44. The van der Waals surface area contributed by atoms with Gasteiger partial charge >= 0.3 is 0 Å². The number of hydrogen-bond acceptors (Lipinski definition) is 5. The summed E-state index contributed by atoms with van der Waals surface area (Å²) in [5.41, 5.74) is 12.1. The molecule has 0 unspecified atom stereocenters. The van der Waals surface area contributed by atoms with E-state index in [-0.39, 0.29) is 5.82 Å². The summed E-state index contributed by atoms with van der Waals surface area (Å²) in [4.78, 5) is 0. The molecule has 0 saturated carbocycles. The third-order valence-electron chi connectivity index (χ3n) is 6.54. The van der Waals surface area contributed by atoms with Gasteiger partial charge in [0.1, 0.15) is 18.7 Å². The molecule has 2 heterocycles. The van der Waals surface area contributed by atoms with Crippen molar-refractivity contribution in [3.8, 4) is 11.1 Å². The van der Waals surface area contributed by atoms with Gasteiger partial charge in [0.25, 0.3) is 0 Å². The molecule has 0 spiro atoms. The van der Waals surface area contributed by atoms with Crippen LogP contribution < -0.4 is 21.1 Å². The zero-order chi connectivity index (χ0) is 26.2. The number of thiophene rings is 2. The lowest BCUT2D eigenvalue weighted by molar-refractivity contribution is 0.628. The van der Waals surface area contributed by atoms with E-state index in [0.29, 0.717) is 4.78 Å². The van der Waals surface area contributed by atoms with Crippen LogP contribution in [0, 0.1) is 12.7 Å². The molecule has 0 saturated heterocycles. The van der Waals surface area contributed by atoms with Crippen LogP contribution in [0.5, 0.6) is 0 Å². The minimum absolute atomic E-state index is 0.310. The summed E-state index contributed by atoms with van der Waals surface area (Å²) < 4.78 is 17.5. The van der Waals surface area contributed by atoms with Crippen LogP contribution in [0.25, 0.3) is 37.4 Å². The molecule has 38 heavy (non-hydrogen) atoms. The number of hydrogen-bond donors (Lipinski definition) is 3. The molecule has 3 nitrogen and oxygen atoms in total. The number of anilines is 4. The first kappa shape index (κ1) is 24.3. The van der Waals surface area contributed by atoms with Crippen molar-refractivity contribution in [2.45, 2.75) is 6.92 Å². The smallest absolute Gasteiger partial charge is 0.129 e. The molecule has 6 aromatic rings. The Kier molecular flexibility index (Phi) is 6.39. The second kappa shape index (κ2) is 10.0. The van der Waals surface area contributed by atoms with Crippen LogP contribution in [-0.2, 0) is 0 Å². The third-order valence-corrected chi connectivity index (χ3v) is 8.63. The van der Waals surface area contributed by atoms with Crippen LogP contribution in [0.1, 0.15) is 11.1 Å². The second-order valence-corrected chi connectivity index (χ2v) is 11.1. The Bertz CT molecular complexity index is 1840. The summed E-state index contributed by atoms with van der Waals surface area (Å²) in [6, 6.07) is 27.3. The van der Waals surface area contributed by atoms with Gasteiger partial charge in [0.2, 0.25) is 0 Å². The van der Waals surface area contributed by atoms with Gasteiger partial charge in [0.15, 0.2) is 0 Å². The maximum atomic E-state index is 14.6. The van der Waals surface area contributed by atoms with Crippen LogP contribution in [-0.4, -0.2) is 7.85 Å². The molecule has 0 atom stereocenters. The Balaban J connectivity index is 1.47. The molecular formula is C31H23BFN3S2. The number of fused-ring (bicyclic) bond motifs is 2. The molecule has 0 amide bonds. The zero-order valence-electron chi connectivity index (χ0n) is 20.6. The van der Waals surface area contributed by atoms with Crippen LogP contribution in [0.3, 0.4) is 0 Å². The van der Waals surface area contributed by atoms with Gasteiger partial charge in [-0.3, -0.25) is 0 Å². The minimum Gasteiger partial charge on any atom is -0.405 e. The number of halogens is 1. The molecule has 4 aromatic carbocycles. The summed E-state index contributed by atoms with van der Waals surface area (Å²) in [6.07, 6.45) is 3.45. The molecule has 0 bridgehead atoms. The molecular weight excluding hydrogens is 508 g/mol.